The largest absolute Gasteiger partial charge is 0.497 e. The van der Waals surface area contributed by atoms with Gasteiger partial charge in [0.15, 0.2) is 0 Å². The summed E-state index contributed by atoms with van der Waals surface area (Å²) in [5.74, 6) is 0.893. The normalized spacial score (nSPS) is 12.0. The maximum atomic E-state index is 5.34. The number of methoxy groups -OCH3 is 1. The van der Waals surface area contributed by atoms with Crippen molar-refractivity contribution in [1.29, 1.82) is 0 Å². The zero-order valence-corrected chi connectivity index (χ0v) is 15.0. The lowest BCUT2D eigenvalue weighted by Crippen LogP contribution is -2.21. The first-order valence-electron chi connectivity index (χ1n) is 8.34. The van der Waals surface area contributed by atoms with Gasteiger partial charge in [0.25, 0.3) is 0 Å². The molecule has 1 atom stereocenters. The zero-order valence-electron chi connectivity index (χ0n) is 14.1. The molecule has 0 fully saturated rings. The third kappa shape index (κ3) is 3.16. The minimum atomic E-state index is -0.619. The van der Waals surface area contributed by atoms with Gasteiger partial charge >= 0.3 is 0 Å². The molecule has 1 nitrogen and oxygen atoms in total. The minimum Gasteiger partial charge on any atom is -0.497 e. The first kappa shape index (κ1) is 15.9. The Morgan fingerprint density at radius 3 is 2.00 bits per heavy atom. The molecular formula is C23H19OP. The molecule has 1 unspecified atom stereocenters. The molecule has 0 aliphatic carbocycles. The fourth-order valence-corrected chi connectivity index (χ4v) is 5.59. The third-order valence-electron chi connectivity index (χ3n) is 4.35. The summed E-state index contributed by atoms with van der Waals surface area (Å²) in [6.45, 7) is 0. The molecule has 0 spiro atoms. The van der Waals surface area contributed by atoms with Crippen LogP contribution >= 0.6 is 7.92 Å². The van der Waals surface area contributed by atoms with Crippen LogP contribution in [-0.4, -0.2) is 7.11 Å². The maximum Gasteiger partial charge on any atom is 0.118 e. The van der Waals surface area contributed by atoms with Crippen LogP contribution in [0, 0.1) is 0 Å². The fraction of sp³-hybridized carbons (Fsp3) is 0.0435. The lowest BCUT2D eigenvalue weighted by Gasteiger charge is -2.21. The standard InChI is InChI=1S/C23H19OP/c1-24-19-14-16-21(17-15-19)25(20-10-3-2-4-11-20)23-13-7-9-18-8-5-6-12-22(18)23/h2-17H,1H3. The van der Waals surface area contributed by atoms with Gasteiger partial charge in [0.05, 0.1) is 7.11 Å². The van der Waals surface area contributed by atoms with Crippen LogP contribution in [-0.2, 0) is 0 Å². The Balaban J connectivity index is 1.93. The molecule has 4 aromatic carbocycles. The number of hydrogen-bond donors (Lipinski definition) is 0. The van der Waals surface area contributed by atoms with E-state index in [0.717, 1.165) is 5.75 Å². The lowest BCUT2D eigenvalue weighted by atomic mass is 10.1. The van der Waals surface area contributed by atoms with Crippen molar-refractivity contribution >= 4 is 34.6 Å². The fourth-order valence-electron chi connectivity index (χ4n) is 3.14. The van der Waals surface area contributed by atoms with Crippen LogP contribution in [0.2, 0.25) is 0 Å². The van der Waals surface area contributed by atoms with Crippen molar-refractivity contribution in [3.05, 3.63) is 97.1 Å². The molecular weight excluding hydrogens is 323 g/mol. The molecule has 4 rings (SSSR count). The van der Waals surface area contributed by atoms with Gasteiger partial charge in [0, 0.05) is 0 Å². The van der Waals surface area contributed by atoms with Crippen molar-refractivity contribution in [2.75, 3.05) is 7.11 Å². The van der Waals surface area contributed by atoms with E-state index in [-0.39, 0.29) is 0 Å². The SMILES string of the molecule is COc1ccc(P(c2ccccc2)c2cccc3ccccc23)cc1. The smallest absolute Gasteiger partial charge is 0.118 e. The molecule has 122 valence electrons. The van der Waals surface area contributed by atoms with Gasteiger partial charge in [-0.2, -0.15) is 0 Å². The summed E-state index contributed by atoms with van der Waals surface area (Å²) >= 11 is 0. The molecule has 0 aliphatic heterocycles. The van der Waals surface area contributed by atoms with Crippen LogP contribution in [0.5, 0.6) is 5.75 Å². The van der Waals surface area contributed by atoms with E-state index in [4.69, 9.17) is 4.74 Å². The van der Waals surface area contributed by atoms with E-state index in [9.17, 15) is 0 Å². The molecule has 0 aliphatic rings. The van der Waals surface area contributed by atoms with Crippen LogP contribution in [0.3, 0.4) is 0 Å². The highest BCUT2D eigenvalue weighted by molar-refractivity contribution is 7.80. The highest BCUT2D eigenvalue weighted by atomic mass is 31.1. The van der Waals surface area contributed by atoms with Crippen molar-refractivity contribution in [1.82, 2.24) is 0 Å². The molecule has 2 heteroatoms. The van der Waals surface area contributed by atoms with Gasteiger partial charge in [0.1, 0.15) is 5.75 Å². The van der Waals surface area contributed by atoms with Gasteiger partial charge in [-0.25, -0.2) is 0 Å². The van der Waals surface area contributed by atoms with Crippen molar-refractivity contribution in [3.8, 4) is 5.75 Å². The van der Waals surface area contributed by atoms with Gasteiger partial charge in [-0.05, 0) is 46.7 Å². The molecule has 4 aromatic rings. The molecule has 25 heavy (non-hydrogen) atoms. The van der Waals surface area contributed by atoms with Crippen molar-refractivity contribution < 1.29 is 4.74 Å². The molecule has 0 radical (unpaired) electrons. The number of hydrogen-bond acceptors (Lipinski definition) is 1. The van der Waals surface area contributed by atoms with E-state index < -0.39 is 7.92 Å². The quantitative estimate of drug-likeness (QED) is 0.492. The van der Waals surface area contributed by atoms with Gasteiger partial charge in [-0.1, -0.05) is 84.9 Å². The van der Waals surface area contributed by atoms with Crippen LogP contribution in [0.25, 0.3) is 10.8 Å². The Morgan fingerprint density at radius 1 is 0.600 bits per heavy atom. The van der Waals surface area contributed by atoms with Gasteiger partial charge in [0.2, 0.25) is 0 Å². The Morgan fingerprint density at radius 2 is 1.24 bits per heavy atom. The molecule has 0 heterocycles. The Kier molecular flexibility index (Phi) is 4.50. The lowest BCUT2D eigenvalue weighted by molar-refractivity contribution is 0.415. The number of benzene rings is 4. The van der Waals surface area contributed by atoms with Crippen LogP contribution in [0.4, 0.5) is 0 Å². The zero-order chi connectivity index (χ0) is 17.1. The summed E-state index contributed by atoms with van der Waals surface area (Å²) < 4.78 is 5.34. The highest BCUT2D eigenvalue weighted by Gasteiger charge is 2.18. The average molecular weight is 342 g/mol. The molecule has 0 saturated heterocycles. The van der Waals surface area contributed by atoms with Crippen molar-refractivity contribution in [2.24, 2.45) is 0 Å². The van der Waals surface area contributed by atoms with E-state index in [1.165, 1.54) is 26.7 Å². The van der Waals surface area contributed by atoms with E-state index in [0.29, 0.717) is 0 Å². The Labute approximate surface area is 149 Å². The second-order valence-electron chi connectivity index (χ2n) is 5.87. The Hall–Kier alpha value is -2.63. The van der Waals surface area contributed by atoms with Crippen LogP contribution in [0.1, 0.15) is 0 Å². The predicted molar refractivity (Wildman–Crippen MR) is 109 cm³/mol. The third-order valence-corrected chi connectivity index (χ3v) is 6.85. The summed E-state index contributed by atoms with van der Waals surface area (Å²) in [4.78, 5) is 0. The topological polar surface area (TPSA) is 9.23 Å². The molecule has 0 aromatic heterocycles. The summed E-state index contributed by atoms with van der Waals surface area (Å²) in [5, 5.41) is 6.70. The van der Waals surface area contributed by atoms with Gasteiger partial charge in [-0.3, -0.25) is 0 Å². The number of fused-ring (bicyclic) bond motifs is 1. The highest BCUT2D eigenvalue weighted by Crippen LogP contribution is 2.36. The van der Waals surface area contributed by atoms with E-state index in [1.54, 1.807) is 7.11 Å². The summed E-state index contributed by atoms with van der Waals surface area (Å²) in [6, 6.07) is 34.6. The van der Waals surface area contributed by atoms with Gasteiger partial charge < -0.3 is 4.74 Å². The van der Waals surface area contributed by atoms with Crippen molar-refractivity contribution in [3.63, 3.8) is 0 Å². The van der Waals surface area contributed by atoms with E-state index in [2.05, 4.69) is 97.1 Å². The molecule has 0 saturated carbocycles. The molecule has 0 amide bonds. The number of ether oxygens (including phenoxy) is 1. The molecule has 0 N–H and O–H groups in total. The Bertz CT molecular complexity index is 972. The summed E-state index contributed by atoms with van der Waals surface area (Å²) in [6.07, 6.45) is 0. The predicted octanol–water partition coefficient (Wildman–Crippen LogP) is 4.61. The van der Waals surface area contributed by atoms with Crippen LogP contribution < -0.4 is 20.7 Å². The average Bonchev–Trinajstić information content (AvgIpc) is 2.70. The number of rotatable bonds is 4. The van der Waals surface area contributed by atoms with Gasteiger partial charge in [-0.15, -0.1) is 0 Å². The second kappa shape index (κ2) is 7.09. The summed E-state index contributed by atoms with van der Waals surface area (Å²) in [5.41, 5.74) is 0. The summed E-state index contributed by atoms with van der Waals surface area (Å²) in [7, 11) is 1.09. The van der Waals surface area contributed by atoms with E-state index >= 15 is 0 Å². The minimum absolute atomic E-state index is 0.619. The first-order valence-corrected chi connectivity index (χ1v) is 9.68. The first-order chi connectivity index (χ1) is 12.4. The second-order valence-corrected chi connectivity index (χ2v) is 8.05. The molecule has 0 bridgehead atoms. The maximum absolute atomic E-state index is 5.34. The monoisotopic (exact) mass is 342 g/mol. The van der Waals surface area contributed by atoms with Crippen LogP contribution in [0.15, 0.2) is 97.1 Å². The van der Waals surface area contributed by atoms with Crippen molar-refractivity contribution in [2.45, 2.75) is 0 Å². The van der Waals surface area contributed by atoms with E-state index in [1.807, 2.05) is 0 Å².